The van der Waals surface area contributed by atoms with Crippen LogP contribution in [0.2, 0.25) is 0 Å². The van der Waals surface area contributed by atoms with Crippen molar-refractivity contribution in [2.24, 2.45) is 10.4 Å². The highest BCUT2D eigenvalue weighted by atomic mass is 32.1. The van der Waals surface area contributed by atoms with E-state index in [4.69, 9.17) is 0 Å². The lowest BCUT2D eigenvalue weighted by atomic mass is 10.2. The van der Waals surface area contributed by atoms with Gasteiger partial charge in [-0.05, 0) is 11.8 Å². The number of aliphatic imine (C=N–C) groups is 1. The van der Waals surface area contributed by atoms with Crippen LogP contribution in [-0.4, -0.2) is 30.6 Å². The lowest BCUT2D eigenvalue weighted by molar-refractivity contribution is -0.140. The molecule has 1 fully saturated rings. The summed E-state index contributed by atoms with van der Waals surface area (Å²) in [6, 6.07) is 0.403. The SMILES string of the molecule is CN=C(NCCc1nc(C(F)(F)F)cs1)NC1CC1(C)C. The largest absolute Gasteiger partial charge is 0.434 e. The average Bonchev–Trinajstić information content (AvgIpc) is 2.78. The first kappa shape index (κ1) is 16.1. The van der Waals surface area contributed by atoms with E-state index >= 15 is 0 Å². The molecule has 1 aromatic rings. The maximum Gasteiger partial charge on any atom is 0.434 e. The lowest BCUT2D eigenvalue weighted by Crippen LogP contribution is -2.40. The van der Waals surface area contributed by atoms with E-state index in [0.29, 0.717) is 30.0 Å². The van der Waals surface area contributed by atoms with Crippen LogP contribution in [0.1, 0.15) is 31.0 Å². The fourth-order valence-electron chi connectivity index (χ4n) is 1.92. The first-order chi connectivity index (χ1) is 9.72. The van der Waals surface area contributed by atoms with Gasteiger partial charge in [0.15, 0.2) is 11.7 Å². The minimum Gasteiger partial charge on any atom is -0.356 e. The molecule has 1 aliphatic carbocycles. The highest BCUT2D eigenvalue weighted by molar-refractivity contribution is 7.09. The van der Waals surface area contributed by atoms with E-state index in [1.165, 1.54) is 0 Å². The van der Waals surface area contributed by atoms with Gasteiger partial charge in [-0.3, -0.25) is 4.99 Å². The summed E-state index contributed by atoms with van der Waals surface area (Å²) in [5.41, 5.74) is -0.529. The van der Waals surface area contributed by atoms with Gasteiger partial charge >= 0.3 is 6.18 Å². The molecule has 118 valence electrons. The summed E-state index contributed by atoms with van der Waals surface area (Å²) in [7, 11) is 1.68. The average molecular weight is 320 g/mol. The Morgan fingerprint density at radius 1 is 1.52 bits per heavy atom. The van der Waals surface area contributed by atoms with E-state index in [9.17, 15) is 13.2 Å². The predicted molar refractivity (Wildman–Crippen MR) is 77.5 cm³/mol. The van der Waals surface area contributed by atoms with E-state index in [2.05, 4.69) is 34.5 Å². The second-order valence-corrected chi connectivity index (χ2v) is 6.71. The summed E-state index contributed by atoms with van der Waals surface area (Å²) in [6.07, 6.45) is -2.83. The Balaban J connectivity index is 1.77. The topological polar surface area (TPSA) is 49.3 Å². The first-order valence-electron chi connectivity index (χ1n) is 6.71. The number of rotatable bonds is 4. The van der Waals surface area contributed by atoms with Crippen LogP contribution in [0.4, 0.5) is 13.2 Å². The summed E-state index contributed by atoms with van der Waals surface area (Å²) in [4.78, 5) is 7.70. The number of aromatic nitrogens is 1. The molecule has 1 heterocycles. The van der Waals surface area contributed by atoms with E-state index in [0.717, 1.165) is 23.1 Å². The van der Waals surface area contributed by atoms with Crippen LogP contribution >= 0.6 is 11.3 Å². The van der Waals surface area contributed by atoms with Crippen LogP contribution < -0.4 is 10.6 Å². The first-order valence-corrected chi connectivity index (χ1v) is 7.59. The second kappa shape index (κ2) is 5.82. The van der Waals surface area contributed by atoms with Crippen molar-refractivity contribution in [2.45, 2.75) is 38.9 Å². The molecule has 0 bridgehead atoms. The van der Waals surface area contributed by atoms with Crippen LogP contribution in [-0.2, 0) is 12.6 Å². The predicted octanol–water partition coefficient (Wildman–Crippen LogP) is 2.67. The fraction of sp³-hybridized carbons (Fsp3) is 0.692. The molecule has 1 saturated carbocycles. The number of nitrogens with zero attached hydrogens (tertiary/aromatic N) is 2. The molecule has 2 rings (SSSR count). The van der Waals surface area contributed by atoms with Crippen molar-refractivity contribution in [3.8, 4) is 0 Å². The number of hydrogen-bond donors (Lipinski definition) is 2. The van der Waals surface area contributed by atoms with E-state index in [1.807, 2.05) is 0 Å². The van der Waals surface area contributed by atoms with E-state index in [1.54, 1.807) is 7.05 Å². The monoisotopic (exact) mass is 320 g/mol. The number of nitrogens with one attached hydrogen (secondary N) is 2. The number of alkyl halides is 3. The highest BCUT2D eigenvalue weighted by Gasteiger charge is 2.46. The Morgan fingerprint density at radius 2 is 2.19 bits per heavy atom. The summed E-state index contributed by atoms with van der Waals surface area (Å²) in [5, 5.41) is 7.91. The standard InChI is InChI=1S/C13H19F3N4S/c1-12(2)6-8(12)20-11(17-3)18-5-4-10-19-9(7-21-10)13(14,15)16/h7-8H,4-6H2,1-3H3,(H2,17,18,20). The van der Waals surface area contributed by atoms with Crippen LogP contribution in [0.25, 0.3) is 0 Å². The zero-order chi connectivity index (χ0) is 15.7. The molecule has 4 nitrogen and oxygen atoms in total. The molecule has 0 aliphatic heterocycles. The quantitative estimate of drug-likeness (QED) is 0.662. The Labute approximate surface area is 125 Å². The maximum absolute atomic E-state index is 12.4. The van der Waals surface area contributed by atoms with Gasteiger partial charge in [0, 0.05) is 31.4 Å². The summed E-state index contributed by atoms with van der Waals surface area (Å²) in [5.74, 6) is 0.679. The molecule has 0 amide bonds. The molecule has 1 aromatic heterocycles. The van der Waals surface area contributed by atoms with Crippen LogP contribution in [0, 0.1) is 5.41 Å². The van der Waals surface area contributed by atoms with Crippen molar-refractivity contribution < 1.29 is 13.2 Å². The molecule has 2 N–H and O–H groups in total. The van der Waals surface area contributed by atoms with Crippen molar-refractivity contribution in [3.63, 3.8) is 0 Å². The van der Waals surface area contributed by atoms with Crippen LogP contribution in [0.15, 0.2) is 10.4 Å². The zero-order valence-corrected chi connectivity index (χ0v) is 13.0. The fourth-order valence-corrected chi connectivity index (χ4v) is 2.72. The Bertz CT molecular complexity index is 522. The molecule has 0 saturated heterocycles. The molecule has 8 heteroatoms. The molecule has 0 radical (unpaired) electrons. The third-order valence-corrected chi connectivity index (χ3v) is 4.43. The molecule has 1 atom stereocenters. The second-order valence-electron chi connectivity index (χ2n) is 5.76. The molecule has 1 unspecified atom stereocenters. The molecule has 0 aromatic carbocycles. The van der Waals surface area contributed by atoms with Gasteiger partial charge < -0.3 is 10.6 Å². The Morgan fingerprint density at radius 3 is 2.67 bits per heavy atom. The molecular formula is C13H19F3N4S. The Kier molecular flexibility index (Phi) is 4.46. The van der Waals surface area contributed by atoms with Crippen molar-refractivity contribution in [1.29, 1.82) is 0 Å². The number of hydrogen-bond acceptors (Lipinski definition) is 3. The van der Waals surface area contributed by atoms with Crippen molar-refractivity contribution in [2.75, 3.05) is 13.6 Å². The van der Waals surface area contributed by atoms with Gasteiger partial charge in [0.05, 0.1) is 5.01 Å². The molecular weight excluding hydrogens is 301 g/mol. The van der Waals surface area contributed by atoms with Gasteiger partial charge in [-0.25, -0.2) is 4.98 Å². The maximum atomic E-state index is 12.4. The van der Waals surface area contributed by atoms with E-state index in [-0.39, 0.29) is 5.41 Å². The summed E-state index contributed by atoms with van der Waals surface area (Å²) in [6.45, 7) is 4.84. The smallest absolute Gasteiger partial charge is 0.356 e. The molecule has 1 aliphatic rings. The van der Waals surface area contributed by atoms with Crippen LogP contribution in [0.5, 0.6) is 0 Å². The van der Waals surface area contributed by atoms with Crippen LogP contribution in [0.3, 0.4) is 0 Å². The number of guanidine groups is 1. The molecule has 0 spiro atoms. The lowest BCUT2D eigenvalue weighted by Gasteiger charge is -2.12. The minimum atomic E-state index is -4.36. The van der Waals surface area contributed by atoms with Gasteiger partial charge in [0.25, 0.3) is 0 Å². The zero-order valence-electron chi connectivity index (χ0n) is 12.2. The third kappa shape index (κ3) is 4.33. The van der Waals surface area contributed by atoms with Gasteiger partial charge in [0.2, 0.25) is 0 Å². The van der Waals surface area contributed by atoms with Crippen molar-refractivity contribution >= 4 is 17.3 Å². The van der Waals surface area contributed by atoms with E-state index < -0.39 is 11.9 Å². The van der Waals surface area contributed by atoms with Gasteiger partial charge in [-0.1, -0.05) is 13.8 Å². The summed E-state index contributed by atoms with van der Waals surface area (Å²) >= 11 is 1.03. The number of halogens is 3. The third-order valence-electron chi connectivity index (χ3n) is 3.52. The van der Waals surface area contributed by atoms with Gasteiger partial charge in [-0.15, -0.1) is 11.3 Å². The Hall–Kier alpha value is -1.31. The normalized spacial score (nSPS) is 21.2. The van der Waals surface area contributed by atoms with Gasteiger partial charge in [-0.2, -0.15) is 13.2 Å². The van der Waals surface area contributed by atoms with Crippen molar-refractivity contribution in [3.05, 3.63) is 16.1 Å². The number of thiazole rings is 1. The highest BCUT2D eigenvalue weighted by Crippen LogP contribution is 2.44. The minimum absolute atomic E-state index is 0.286. The van der Waals surface area contributed by atoms with Gasteiger partial charge in [0.1, 0.15) is 0 Å². The van der Waals surface area contributed by atoms with Crippen molar-refractivity contribution in [1.82, 2.24) is 15.6 Å². The molecule has 21 heavy (non-hydrogen) atoms. The summed E-state index contributed by atoms with van der Waals surface area (Å²) < 4.78 is 37.3.